The van der Waals surface area contributed by atoms with Gasteiger partial charge in [-0.15, -0.1) is 0 Å². The summed E-state index contributed by atoms with van der Waals surface area (Å²) < 4.78 is 0. The first-order valence-electron chi connectivity index (χ1n) is 7.61. The molecule has 3 nitrogen and oxygen atoms in total. The van der Waals surface area contributed by atoms with Gasteiger partial charge in [-0.2, -0.15) is 0 Å². The lowest BCUT2D eigenvalue weighted by atomic mass is 9.99. The van der Waals surface area contributed by atoms with Crippen molar-refractivity contribution in [3.8, 4) is 0 Å². The van der Waals surface area contributed by atoms with Gasteiger partial charge in [0, 0.05) is 36.4 Å². The molecular weight excluding hydrogens is 272 g/mol. The summed E-state index contributed by atoms with van der Waals surface area (Å²) in [7, 11) is 0. The van der Waals surface area contributed by atoms with Crippen molar-refractivity contribution in [2.45, 2.75) is 38.3 Å². The molecule has 0 amide bonds. The maximum absolute atomic E-state index is 9.66. The van der Waals surface area contributed by atoms with E-state index in [0.717, 1.165) is 25.2 Å². The third-order valence-electron chi connectivity index (χ3n) is 4.64. The molecule has 2 aliphatic rings. The Bertz CT molecular complexity index is 478. The Morgan fingerprint density at radius 2 is 2.10 bits per heavy atom. The molecule has 0 saturated carbocycles. The Balaban J connectivity index is 1.75. The quantitative estimate of drug-likeness (QED) is 0.908. The summed E-state index contributed by atoms with van der Waals surface area (Å²) >= 11 is 6.28. The number of hydrogen-bond acceptors (Lipinski definition) is 3. The van der Waals surface area contributed by atoms with Gasteiger partial charge in [-0.05, 0) is 44.0 Å². The zero-order valence-corrected chi connectivity index (χ0v) is 12.8. The van der Waals surface area contributed by atoms with Crippen molar-refractivity contribution in [2.24, 2.45) is 0 Å². The van der Waals surface area contributed by atoms with Crippen LogP contribution in [0.4, 0.5) is 5.69 Å². The van der Waals surface area contributed by atoms with E-state index in [1.54, 1.807) is 6.92 Å². The van der Waals surface area contributed by atoms with Crippen LogP contribution in [0, 0.1) is 0 Å². The van der Waals surface area contributed by atoms with Crippen LogP contribution in [0.25, 0.3) is 0 Å². The monoisotopic (exact) mass is 294 g/mol. The molecule has 0 radical (unpaired) electrons. The van der Waals surface area contributed by atoms with E-state index in [0.29, 0.717) is 11.1 Å². The number of rotatable bonds is 2. The molecule has 4 heteroatoms. The lowest BCUT2D eigenvalue weighted by Crippen LogP contribution is -2.54. The molecule has 0 bridgehead atoms. The fourth-order valence-electron chi connectivity index (χ4n) is 3.44. The van der Waals surface area contributed by atoms with E-state index in [4.69, 9.17) is 11.6 Å². The molecule has 20 heavy (non-hydrogen) atoms. The van der Waals surface area contributed by atoms with Crippen LogP contribution in [0.2, 0.25) is 5.02 Å². The van der Waals surface area contributed by atoms with Crippen LogP contribution >= 0.6 is 11.6 Å². The van der Waals surface area contributed by atoms with Crippen LogP contribution in [-0.2, 0) is 0 Å². The fourth-order valence-corrected chi connectivity index (χ4v) is 3.77. The molecule has 0 aromatic heterocycles. The maximum atomic E-state index is 9.66. The Kier molecular flexibility index (Phi) is 4.20. The molecule has 2 fully saturated rings. The number of halogens is 1. The first-order chi connectivity index (χ1) is 9.65. The highest BCUT2D eigenvalue weighted by atomic mass is 35.5. The molecule has 0 spiro atoms. The van der Waals surface area contributed by atoms with Gasteiger partial charge in [-0.1, -0.05) is 24.1 Å². The Morgan fingerprint density at radius 3 is 2.85 bits per heavy atom. The van der Waals surface area contributed by atoms with Gasteiger partial charge in [0.25, 0.3) is 0 Å². The molecule has 2 heterocycles. The summed E-state index contributed by atoms with van der Waals surface area (Å²) in [6.45, 7) is 6.34. The molecule has 0 aliphatic carbocycles. The molecule has 110 valence electrons. The SMILES string of the molecule is CC(O)c1ccc(N2CCN3CCCCC3C2)cc1Cl. The predicted molar refractivity (Wildman–Crippen MR) is 83.5 cm³/mol. The lowest BCUT2D eigenvalue weighted by molar-refractivity contribution is 0.133. The second-order valence-electron chi connectivity index (χ2n) is 6.01. The lowest BCUT2D eigenvalue weighted by Gasteiger charge is -2.45. The standard InChI is InChI=1S/C16H23ClN2O/c1-12(20)15-6-5-13(10-16(15)17)19-9-8-18-7-3-2-4-14(18)11-19/h5-6,10,12,14,20H,2-4,7-9,11H2,1H3. The normalized spacial score (nSPS) is 25.4. The van der Waals surface area contributed by atoms with Crippen molar-refractivity contribution in [1.29, 1.82) is 0 Å². The van der Waals surface area contributed by atoms with Gasteiger partial charge in [0.2, 0.25) is 0 Å². The summed E-state index contributed by atoms with van der Waals surface area (Å²) in [5, 5.41) is 10.3. The summed E-state index contributed by atoms with van der Waals surface area (Å²) in [5.41, 5.74) is 2.00. The minimum absolute atomic E-state index is 0.508. The highest BCUT2D eigenvalue weighted by Crippen LogP contribution is 2.30. The average Bonchev–Trinajstić information content (AvgIpc) is 2.46. The van der Waals surface area contributed by atoms with E-state index in [-0.39, 0.29) is 0 Å². The van der Waals surface area contributed by atoms with Gasteiger partial charge < -0.3 is 10.0 Å². The molecule has 3 rings (SSSR count). The van der Waals surface area contributed by atoms with Crippen molar-refractivity contribution in [1.82, 2.24) is 4.90 Å². The van der Waals surface area contributed by atoms with Crippen LogP contribution < -0.4 is 4.90 Å². The van der Waals surface area contributed by atoms with E-state index in [9.17, 15) is 5.11 Å². The van der Waals surface area contributed by atoms with Crippen LogP contribution in [0.15, 0.2) is 18.2 Å². The second kappa shape index (κ2) is 5.92. The smallest absolute Gasteiger partial charge is 0.0776 e. The minimum Gasteiger partial charge on any atom is -0.389 e. The average molecular weight is 295 g/mol. The number of aliphatic hydroxyl groups excluding tert-OH is 1. The van der Waals surface area contributed by atoms with E-state index >= 15 is 0 Å². The predicted octanol–water partition coefficient (Wildman–Crippen LogP) is 3.07. The third kappa shape index (κ3) is 2.80. The van der Waals surface area contributed by atoms with Crippen molar-refractivity contribution >= 4 is 17.3 Å². The Labute approximate surface area is 126 Å². The van der Waals surface area contributed by atoms with E-state index in [1.165, 1.54) is 31.5 Å². The zero-order valence-electron chi connectivity index (χ0n) is 12.1. The molecule has 1 aromatic carbocycles. The Hall–Kier alpha value is -0.770. The highest BCUT2D eigenvalue weighted by Gasteiger charge is 2.29. The molecule has 2 atom stereocenters. The summed E-state index contributed by atoms with van der Waals surface area (Å²) in [6, 6.07) is 6.75. The number of benzene rings is 1. The topological polar surface area (TPSA) is 26.7 Å². The van der Waals surface area contributed by atoms with Gasteiger partial charge in [-0.3, -0.25) is 4.90 Å². The number of anilines is 1. The van der Waals surface area contributed by atoms with Crippen LogP contribution in [0.5, 0.6) is 0 Å². The number of hydrogen-bond donors (Lipinski definition) is 1. The van der Waals surface area contributed by atoms with E-state index < -0.39 is 6.10 Å². The number of nitrogens with zero attached hydrogens (tertiary/aromatic N) is 2. The van der Waals surface area contributed by atoms with Crippen molar-refractivity contribution in [2.75, 3.05) is 31.1 Å². The minimum atomic E-state index is -0.508. The fraction of sp³-hybridized carbons (Fsp3) is 0.625. The van der Waals surface area contributed by atoms with Gasteiger partial charge >= 0.3 is 0 Å². The van der Waals surface area contributed by atoms with E-state index in [2.05, 4.69) is 15.9 Å². The van der Waals surface area contributed by atoms with Crippen molar-refractivity contribution < 1.29 is 5.11 Å². The molecule has 2 aliphatic heterocycles. The first-order valence-corrected chi connectivity index (χ1v) is 7.99. The third-order valence-corrected chi connectivity index (χ3v) is 4.96. The zero-order chi connectivity index (χ0) is 14.1. The van der Waals surface area contributed by atoms with Crippen molar-refractivity contribution in [3.63, 3.8) is 0 Å². The van der Waals surface area contributed by atoms with Gasteiger partial charge in [0.15, 0.2) is 0 Å². The summed E-state index contributed by atoms with van der Waals surface area (Å²) in [4.78, 5) is 5.07. The number of aliphatic hydroxyl groups is 1. The molecule has 1 N–H and O–H groups in total. The molecule has 2 unspecified atom stereocenters. The van der Waals surface area contributed by atoms with Crippen LogP contribution in [0.3, 0.4) is 0 Å². The molecular formula is C16H23ClN2O. The first kappa shape index (κ1) is 14.2. The van der Waals surface area contributed by atoms with Crippen molar-refractivity contribution in [3.05, 3.63) is 28.8 Å². The second-order valence-corrected chi connectivity index (χ2v) is 6.42. The number of piperidine rings is 1. The number of fused-ring (bicyclic) bond motifs is 1. The van der Waals surface area contributed by atoms with Crippen LogP contribution in [-0.4, -0.2) is 42.2 Å². The van der Waals surface area contributed by atoms with E-state index in [1.807, 2.05) is 12.1 Å². The van der Waals surface area contributed by atoms with Gasteiger partial charge in [0.1, 0.15) is 0 Å². The van der Waals surface area contributed by atoms with Gasteiger partial charge in [-0.25, -0.2) is 0 Å². The maximum Gasteiger partial charge on any atom is 0.0776 e. The van der Waals surface area contributed by atoms with Gasteiger partial charge in [0.05, 0.1) is 6.10 Å². The summed E-state index contributed by atoms with van der Waals surface area (Å²) in [5.74, 6) is 0. The highest BCUT2D eigenvalue weighted by molar-refractivity contribution is 6.31. The molecule has 1 aromatic rings. The van der Waals surface area contributed by atoms with Crippen LogP contribution in [0.1, 0.15) is 37.9 Å². The summed E-state index contributed by atoms with van der Waals surface area (Å²) in [6.07, 6.45) is 3.52. The molecule has 2 saturated heterocycles. The number of piperazine rings is 1. The Morgan fingerprint density at radius 1 is 1.25 bits per heavy atom. The largest absolute Gasteiger partial charge is 0.389 e.